The van der Waals surface area contributed by atoms with Gasteiger partial charge in [-0.25, -0.2) is 0 Å². The molecule has 3 aromatic rings. The Kier molecular flexibility index (Phi) is 5.46. The molecule has 25 heavy (non-hydrogen) atoms. The van der Waals surface area contributed by atoms with Crippen molar-refractivity contribution in [2.24, 2.45) is 0 Å². The minimum Gasteiger partial charge on any atom is -0.424 e. The summed E-state index contributed by atoms with van der Waals surface area (Å²) in [6, 6.07) is 17.5. The Bertz CT molecular complexity index is 849. The minimum atomic E-state index is -0.126. The monoisotopic (exact) mass is 355 g/mol. The highest BCUT2D eigenvalue weighted by Crippen LogP contribution is 2.32. The van der Waals surface area contributed by atoms with Crippen molar-refractivity contribution >= 4 is 17.5 Å². The highest BCUT2D eigenvalue weighted by molar-refractivity contribution is 6.31. The summed E-state index contributed by atoms with van der Waals surface area (Å²) in [6.45, 7) is 1.92. The zero-order valence-corrected chi connectivity index (χ0v) is 14.5. The number of benzene rings is 2. The molecule has 0 saturated carbocycles. The SMILES string of the molecule is Cc1nnc(CNC(=O)C[C@H](c2ccccc2)c2ccccc2Cl)o1. The van der Waals surface area contributed by atoms with Gasteiger partial charge in [-0.1, -0.05) is 60.1 Å². The van der Waals surface area contributed by atoms with E-state index < -0.39 is 0 Å². The molecule has 0 radical (unpaired) electrons. The van der Waals surface area contributed by atoms with E-state index in [0.717, 1.165) is 11.1 Å². The molecule has 1 heterocycles. The molecule has 0 fully saturated rings. The number of halogens is 1. The van der Waals surface area contributed by atoms with Crippen molar-refractivity contribution in [2.45, 2.75) is 25.8 Å². The molecule has 0 aliphatic heterocycles. The number of rotatable bonds is 6. The highest BCUT2D eigenvalue weighted by Gasteiger charge is 2.20. The first-order valence-corrected chi connectivity index (χ1v) is 8.36. The molecular weight excluding hydrogens is 338 g/mol. The summed E-state index contributed by atoms with van der Waals surface area (Å²) in [5.74, 6) is 0.631. The van der Waals surface area contributed by atoms with Crippen LogP contribution in [0.1, 0.15) is 35.2 Å². The number of carbonyl (C=O) groups is 1. The molecule has 0 saturated heterocycles. The fourth-order valence-corrected chi connectivity index (χ4v) is 2.96. The van der Waals surface area contributed by atoms with E-state index in [-0.39, 0.29) is 24.8 Å². The van der Waals surface area contributed by atoms with Gasteiger partial charge in [-0.3, -0.25) is 4.79 Å². The number of hydrogen-bond donors (Lipinski definition) is 1. The number of amides is 1. The zero-order valence-electron chi connectivity index (χ0n) is 13.8. The molecule has 1 aromatic heterocycles. The lowest BCUT2D eigenvalue weighted by molar-refractivity contribution is -0.121. The lowest BCUT2D eigenvalue weighted by Gasteiger charge is -2.19. The van der Waals surface area contributed by atoms with Gasteiger partial charge in [-0.05, 0) is 17.2 Å². The van der Waals surface area contributed by atoms with Crippen LogP contribution in [0.25, 0.3) is 0 Å². The van der Waals surface area contributed by atoms with Gasteiger partial charge in [0.25, 0.3) is 0 Å². The van der Waals surface area contributed by atoms with Gasteiger partial charge in [0.1, 0.15) is 0 Å². The number of carbonyl (C=O) groups excluding carboxylic acids is 1. The van der Waals surface area contributed by atoms with Crippen molar-refractivity contribution in [2.75, 3.05) is 0 Å². The second-order valence-electron chi connectivity index (χ2n) is 5.68. The van der Waals surface area contributed by atoms with Crippen molar-refractivity contribution in [1.82, 2.24) is 15.5 Å². The van der Waals surface area contributed by atoms with Crippen molar-refractivity contribution in [1.29, 1.82) is 0 Å². The molecule has 6 heteroatoms. The van der Waals surface area contributed by atoms with Gasteiger partial charge in [-0.2, -0.15) is 0 Å². The van der Waals surface area contributed by atoms with Crippen molar-refractivity contribution in [3.63, 3.8) is 0 Å². The van der Waals surface area contributed by atoms with Crippen LogP contribution in [0.2, 0.25) is 5.02 Å². The van der Waals surface area contributed by atoms with Gasteiger partial charge in [0.15, 0.2) is 0 Å². The normalized spacial score (nSPS) is 11.9. The Morgan fingerprint density at radius 2 is 1.84 bits per heavy atom. The molecule has 1 N–H and O–H groups in total. The molecule has 1 amide bonds. The summed E-state index contributed by atoms with van der Waals surface area (Å²) in [5, 5.41) is 11.1. The zero-order chi connectivity index (χ0) is 17.6. The fraction of sp³-hybridized carbons (Fsp3) is 0.211. The lowest BCUT2D eigenvalue weighted by Crippen LogP contribution is -2.25. The van der Waals surface area contributed by atoms with Crippen LogP contribution in [0.3, 0.4) is 0 Å². The topological polar surface area (TPSA) is 68.0 Å². The summed E-state index contributed by atoms with van der Waals surface area (Å²) in [7, 11) is 0. The average molecular weight is 356 g/mol. The number of hydrogen-bond acceptors (Lipinski definition) is 4. The third-order valence-corrected chi connectivity index (χ3v) is 4.22. The number of aryl methyl sites for hydroxylation is 1. The highest BCUT2D eigenvalue weighted by atomic mass is 35.5. The quantitative estimate of drug-likeness (QED) is 0.728. The summed E-state index contributed by atoms with van der Waals surface area (Å²) in [6.07, 6.45) is 0.279. The van der Waals surface area contributed by atoms with E-state index in [4.69, 9.17) is 16.0 Å². The average Bonchev–Trinajstić information content (AvgIpc) is 3.05. The molecule has 1 atom stereocenters. The second kappa shape index (κ2) is 7.94. The van der Waals surface area contributed by atoms with Crippen LogP contribution >= 0.6 is 11.6 Å². The lowest BCUT2D eigenvalue weighted by atomic mass is 9.88. The predicted octanol–water partition coefficient (Wildman–Crippen LogP) is 3.87. The third kappa shape index (κ3) is 4.45. The first-order valence-electron chi connectivity index (χ1n) is 7.98. The standard InChI is InChI=1S/C19H18ClN3O2/c1-13-22-23-19(25-13)12-21-18(24)11-16(14-7-3-2-4-8-14)15-9-5-6-10-17(15)20/h2-10,16H,11-12H2,1H3,(H,21,24)/t16-/m1/s1. The number of nitrogens with zero attached hydrogens (tertiary/aromatic N) is 2. The van der Waals surface area contributed by atoms with Crippen LogP contribution in [0, 0.1) is 6.92 Å². The Hall–Kier alpha value is -2.66. The van der Waals surface area contributed by atoms with Crippen LogP contribution in [0.15, 0.2) is 59.0 Å². The van der Waals surface area contributed by atoms with Gasteiger partial charge < -0.3 is 9.73 Å². The summed E-state index contributed by atoms with van der Waals surface area (Å²) < 4.78 is 5.27. The minimum absolute atomic E-state index is 0.107. The number of nitrogens with one attached hydrogen (secondary N) is 1. The Labute approximate surface area is 151 Å². The summed E-state index contributed by atoms with van der Waals surface area (Å²) in [5.41, 5.74) is 1.97. The second-order valence-corrected chi connectivity index (χ2v) is 6.09. The van der Waals surface area contributed by atoms with Crippen LogP contribution in [-0.4, -0.2) is 16.1 Å². The number of aromatic nitrogens is 2. The first kappa shape index (κ1) is 17.2. The smallest absolute Gasteiger partial charge is 0.235 e. The molecule has 128 valence electrons. The summed E-state index contributed by atoms with van der Waals surface area (Å²) in [4.78, 5) is 12.4. The van der Waals surface area contributed by atoms with E-state index in [9.17, 15) is 4.79 Å². The van der Waals surface area contributed by atoms with Crippen molar-refractivity contribution in [3.05, 3.63) is 82.5 Å². The van der Waals surface area contributed by atoms with Crippen LogP contribution < -0.4 is 5.32 Å². The molecule has 0 unspecified atom stereocenters. The molecule has 0 aliphatic rings. The van der Waals surface area contributed by atoms with Crippen LogP contribution in [-0.2, 0) is 11.3 Å². The van der Waals surface area contributed by atoms with E-state index in [1.165, 1.54) is 0 Å². The molecule has 0 aliphatic carbocycles. The predicted molar refractivity (Wildman–Crippen MR) is 95.2 cm³/mol. The molecule has 0 spiro atoms. The van der Waals surface area contributed by atoms with Gasteiger partial charge in [-0.15, -0.1) is 10.2 Å². The van der Waals surface area contributed by atoms with E-state index in [0.29, 0.717) is 16.8 Å². The molecule has 0 bridgehead atoms. The molecule has 2 aromatic carbocycles. The van der Waals surface area contributed by atoms with Crippen molar-refractivity contribution < 1.29 is 9.21 Å². The maximum absolute atomic E-state index is 12.4. The molecule has 5 nitrogen and oxygen atoms in total. The fourth-order valence-electron chi connectivity index (χ4n) is 2.69. The van der Waals surface area contributed by atoms with Gasteiger partial charge >= 0.3 is 0 Å². The van der Waals surface area contributed by atoms with E-state index in [1.54, 1.807) is 6.92 Å². The largest absolute Gasteiger partial charge is 0.424 e. The Balaban J connectivity index is 1.76. The molecular formula is C19H18ClN3O2. The molecule has 3 rings (SSSR count). The van der Waals surface area contributed by atoms with Crippen LogP contribution in [0.5, 0.6) is 0 Å². The van der Waals surface area contributed by atoms with Gasteiger partial charge in [0.2, 0.25) is 17.7 Å². The maximum atomic E-state index is 12.4. The Morgan fingerprint density at radius 3 is 2.52 bits per heavy atom. The van der Waals surface area contributed by atoms with Crippen LogP contribution in [0.4, 0.5) is 0 Å². The first-order chi connectivity index (χ1) is 12.1. The van der Waals surface area contributed by atoms with E-state index in [2.05, 4.69) is 15.5 Å². The van der Waals surface area contributed by atoms with Crippen molar-refractivity contribution in [3.8, 4) is 0 Å². The van der Waals surface area contributed by atoms with E-state index in [1.807, 2.05) is 54.6 Å². The van der Waals surface area contributed by atoms with E-state index >= 15 is 0 Å². The summed E-state index contributed by atoms with van der Waals surface area (Å²) >= 11 is 6.36. The van der Waals surface area contributed by atoms with Gasteiger partial charge in [0, 0.05) is 24.3 Å². The third-order valence-electron chi connectivity index (χ3n) is 3.88. The van der Waals surface area contributed by atoms with Gasteiger partial charge in [0.05, 0.1) is 6.54 Å². The Morgan fingerprint density at radius 1 is 1.12 bits per heavy atom. The maximum Gasteiger partial charge on any atom is 0.235 e.